The monoisotopic (exact) mass is 790 g/mol. The van der Waals surface area contributed by atoms with E-state index in [1.165, 1.54) is 32.3 Å². The molecular weight excluding hydrogens is 757 g/mol. The van der Waals surface area contributed by atoms with Gasteiger partial charge in [-0.25, -0.2) is 4.98 Å². The van der Waals surface area contributed by atoms with Crippen LogP contribution in [0.4, 0.5) is 0 Å². The number of rotatable bonds is 5. The Bertz CT molecular complexity index is 3850. The fourth-order valence-electron chi connectivity index (χ4n) is 9.47. The highest BCUT2D eigenvalue weighted by Crippen LogP contribution is 2.43. The van der Waals surface area contributed by atoms with Crippen molar-refractivity contribution in [2.24, 2.45) is 0 Å². The van der Waals surface area contributed by atoms with Crippen molar-refractivity contribution in [1.29, 1.82) is 0 Å². The summed E-state index contributed by atoms with van der Waals surface area (Å²) in [5.74, 6) is 1.81. The maximum Gasteiger partial charge on any atom is 0.238 e. The SMILES string of the molecule is c1ccc(-c2ccc3c(c2)c2cc4c5cc(-c6ccc7oc8ccccc8c7c6)ccc5c5ccccc5c4cc2n3-c2nc(-c3ccccc3)nc(-c3ccccc3)n2)cc1. The molecule has 13 aromatic rings. The van der Waals surface area contributed by atoms with E-state index in [1.807, 2.05) is 48.5 Å². The molecule has 0 saturated carbocycles. The largest absolute Gasteiger partial charge is 0.456 e. The van der Waals surface area contributed by atoms with Crippen molar-refractivity contribution in [3.05, 3.63) is 206 Å². The van der Waals surface area contributed by atoms with Gasteiger partial charge in [0, 0.05) is 32.7 Å². The Morgan fingerprint density at radius 1 is 0.274 bits per heavy atom. The van der Waals surface area contributed by atoms with Gasteiger partial charge in [0.15, 0.2) is 11.6 Å². The second-order valence-corrected chi connectivity index (χ2v) is 16.0. The van der Waals surface area contributed by atoms with Gasteiger partial charge in [-0.1, -0.05) is 158 Å². The quantitative estimate of drug-likeness (QED) is 0.163. The minimum atomic E-state index is 0.569. The van der Waals surface area contributed by atoms with Crippen molar-refractivity contribution < 1.29 is 4.42 Å². The Hall–Kier alpha value is -8.41. The zero-order valence-corrected chi connectivity index (χ0v) is 33.3. The van der Waals surface area contributed by atoms with Crippen LogP contribution in [0.5, 0.6) is 0 Å². The molecule has 62 heavy (non-hydrogen) atoms. The van der Waals surface area contributed by atoms with Crippen LogP contribution in [-0.4, -0.2) is 19.5 Å². The molecule has 0 atom stereocenters. The molecule has 3 heterocycles. The van der Waals surface area contributed by atoms with Crippen LogP contribution >= 0.6 is 0 Å². The number of furan rings is 1. The van der Waals surface area contributed by atoms with E-state index in [-0.39, 0.29) is 0 Å². The second kappa shape index (κ2) is 13.6. The Morgan fingerprint density at radius 3 is 1.45 bits per heavy atom. The average Bonchev–Trinajstić information content (AvgIpc) is 3.88. The van der Waals surface area contributed by atoms with Crippen LogP contribution in [0.2, 0.25) is 0 Å². The minimum Gasteiger partial charge on any atom is -0.456 e. The zero-order chi connectivity index (χ0) is 40.7. The van der Waals surface area contributed by atoms with Gasteiger partial charge in [0.25, 0.3) is 0 Å². The third-order valence-corrected chi connectivity index (χ3v) is 12.4. The number of aromatic nitrogens is 4. The molecule has 0 unspecified atom stereocenters. The van der Waals surface area contributed by atoms with E-state index in [0.29, 0.717) is 17.6 Å². The van der Waals surface area contributed by atoms with Gasteiger partial charge < -0.3 is 4.42 Å². The highest BCUT2D eigenvalue weighted by molar-refractivity contribution is 6.29. The van der Waals surface area contributed by atoms with Crippen LogP contribution in [-0.2, 0) is 0 Å². The Labute approximate surface area is 355 Å². The van der Waals surface area contributed by atoms with Gasteiger partial charge in [-0.2, -0.15) is 9.97 Å². The standard InChI is InChI=1S/C57H34N4O/c1-4-14-35(15-5-1)38-25-28-51-48(31-38)49-33-46-45-30-39(40-26-29-54-50(32-40)44-22-12-13-23-53(44)62-54)24-27-43(45)41-20-10-11-21-42(41)47(46)34-52(49)61(51)57-59-55(36-16-6-2-7-17-36)58-56(60-57)37-18-8-3-9-19-37/h1-34H. The predicted molar refractivity (Wildman–Crippen MR) is 256 cm³/mol. The molecule has 0 fully saturated rings. The molecule has 5 nitrogen and oxygen atoms in total. The lowest BCUT2D eigenvalue weighted by atomic mass is 9.91. The summed E-state index contributed by atoms with van der Waals surface area (Å²) >= 11 is 0. The molecule has 13 rings (SSSR count). The molecule has 10 aromatic carbocycles. The molecule has 0 saturated heterocycles. The van der Waals surface area contributed by atoms with Gasteiger partial charge in [-0.3, -0.25) is 4.57 Å². The van der Waals surface area contributed by atoms with Gasteiger partial charge >= 0.3 is 0 Å². The van der Waals surface area contributed by atoms with Crippen LogP contribution in [0.25, 0.3) is 127 Å². The van der Waals surface area contributed by atoms with E-state index in [1.54, 1.807) is 0 Å². The first-order valence-corrected chi connectivity index (χ1v) is 20.9. The maximum atomic E-state index is 6.21. The van der Waals surface area contributed by atoms with Gasteiger partial charge in [0.1, 0.15) is 11.2 Å². The Morgan fingerprint density at radius 2 is 0.742 bits per heavy atom. The van der Waals surface area contributed by atoms with Crippen molar-refractivity contribution in [3.8, 4) is 51.0 Å². The molecule has 0 spiro atoms. The normalized spacial score (nSPS) is 11.9. The molecule has 0 amide bonds. The molecule has 0 bridgehead atoms. The van der Waals surface area contributed by atoms with E-state index in [2.05, 4.69) is 162 Å². The van der Waals surface area contributed by atoms with Crippen molar-refractivity contribution in [2.75, 3.05) is 0 Å². The molecule has 288 valence electrons. The minimum absolute atomic E-state index is 0.569. The number of nitrogens with zero attached hydrogens (tertiary/aromatic N) is 4. The van der Waals surface area contributed by atoms with E-state index in [4.69, 9.17) is 19.4 Å². The summed E-state index contributed by atoms with van der Waals surface area (Å²) in [4.78, 5) is 15.6. The van der Waals surface area contributed by atoms with Crippen LogP contribution in [0, 0.1) is 0 Å². The van der Waals surface area contributed by atoms with Crippen LogP contribution < -0.4 is 0 Å². The Balaban J connectivity index is 1.12. The van der Waals surface area contributed by atoms with Gasteiger partial charge in [0.2, 0.25) is 5.95 Å². The number of para-hydroxylation sites is 1. The fourth-order valence-corrected chi connectivity index (χ4v) is 9.47. The van der Waals surface area contributed by atoms with Crippen LogP contribution in [0.1, 0.15) is 0 Å². The molecule has 0 aliphatic carbocycles. The molecular formula is C57H34N4O. The molecule has 0 N–H and O–H groups in total. The summed E-state index contributed by atoms with van der Waals surface area (Å²) in [5.41, 5.74) is 10.3. The van der Waals surface area contributed by atoms with E-state index in [9.17, 15) is 0 Å². The van der Waals surface area contributed by atoms with Crippen molar-refractivity contribution in [3.63, 3.8) is 0 Å². The average molecular weight is 791 g/mol. The highest BCUT2D eigenvalue weighted by Gasteiger charge is 2.21. The van der Waals surface area contributed by atoms with Crippen LogP contribution in [0.15, 0.2) is 211 Å². The van der Waals surface area contributed by atoms with Gasteiger partial charge in [-0.15, -0.1) is 0 Å². The molecule has 0 aliphatic heterocycles. The summed E-state index contributed by atoms with van der Waals surface area (Å²) in [6.45, 7) is 0. The molecule has 0 aliphatic rings. The number of hydrogen-bond acceptors (Lipinski definition) is 4. The summed E-state index contributed by atoms with van der Waals surface area (Å²) in [5, 5.41) is 11.7. The molecule has 0 radical (unpaired) electrons. The first-order valence-electron chi connectivity index (χ1n) is 20.9. The third kappa shape index (κ3) is 5.38. The Kier molecular flexibility index (Phi) is 7.54. The lowest BCUT2D eigenvalue weighted by Gasteiger charge is -2.14. The zero-order valence-electron chi connectivity index (χ0n) is 33.3. The lowest BCUT2D eigenvalue weighted by molar-refractivity contribution is 0.669. The highest BCUT2D eigenvalue weighted by atomic mass is 16.3. The van der Waals surface area contributed by atoms with Crippen molar-refractivity contribution >= 4 is 76.1 Å². The van der Waals surface area contributed by atoms with E-state index >= 15 is 0 Å². The summed E-state index contributed by atoms with van der Waals surface area (Å²) in [6.07, 6.45) is 0. The first kappa shape index (κ1) is 34.5. The number of hydrogen-bond donors (Lipinski definition) is 0. The topological polar surface area (TPSA) is 56.7 Å². The van der Waals surface area contributed by atoms with Gasteiger partial charge in [-0.05, 0) is 103 Å². The van der Waals surface area contributed by atoms with Crippen LogP contribution in [0.3, 0.4) is 0 Å². The number of fused-ring (bicyclic) bond motifs is 12. The lowest BCUT2D eigenvalue weighted by Crippen LogP contribution is -2.06. The smallest absolute Gasteiger partial charge is 0.238 e. The second-order valence-electron chi connectivity index (χ2n) is 16.0. The maximum absolute atomic E-state index is 6.21. The summed E-state index contributed by atoms with van der Waals surface area (Å²) in [6, 6.07) is 73.0. The summed E-state index contributed by atoms with van der Waals surface area (Å²) in [7, 11) is 0. The van der Waals surface area contributed by atoms with Crippen molar-refractivity contribution in [1.82, 2.24) is 19.5 Å². The summed E-state index contributed by atoms with van der Waals surface area (Å²) < 4.78 is 8.44. The van der Waals surface area contributed by atoms with E-state index in [0.717, 1.165) is 77.1 Å². The van der Waals surface area contributed by atoms with Crippen molar-refractivity contribution in [2.45, 2.75) is 0 Å². The molecule has 5 heteroatoms. The predicted octanol–water partition coefficient (Wildman–Crippen LogP) is 15.0. The fraction of sp³-hybridized carbons (Fsp3) is 0. The van der Waals surface area contributed by atoms with E-state index < -0.39 is 0 Å². The number of benzene rings is 10. The van der Waals surface area contributed by atoms with Gasteiger partial charge in [0.05, 0.1) is 11.0 Å². The third-order valence-electron chi connectivity index (χ3n) is 12.4. The molecule has 3 aromatic heterocycles. The first-order chi connectivity index (χ1) is 30.7.